The average Bonchev–Trinajstić information content (AvgIpc) is 3.24. The molecule has 2 heterocycles. The first-order valence-corrected chi connectivity index (χ1v) is 13.6. The van der Waals surface area contributed by atoms with E-state index < -0.39 is 0 Å². The Balaban J connectivity index is 1.51. The Morgan fingerprint density at radius 2 is 1.83 bits per heavy atom. The van der Waals surface area contributed by atoms with Crippen LogP contribution in [0.3, 0.4) is 0 Å². The predicted octanol–water partition coefficient (Wildman–Crippen LogP) is 6.82. The molecule has 1 unspecified atom stereocenters. The molecule has 194 valence electrons. The minimum Gasteiger partial charge on any atom is -0.494 e. The molecule has 36 heavy (non-hydrogen) atoms. The van der Waals surface area contributed by atoms with Crippen molar-refractivity contribution in [1.29, 1.82) is 0 Å². The van der Waals surface area contributed by atoms with Crippen molar-refractivity contribution in [2.45, 2.75) is 52.5 Å². The van der Waals surface area contributed by atoms with Crippen LogP contribution in [0.5, 0.6) is 5.75 Å². The molecule has 1 aliphatic rings. The molecule has 3 aromatic rings. The Kier molecular flexibility index (Phi) is 9.16. The third-order valence-corrected chi connectivity index (χ3v) is 6.99. The van der Waals surface area contributed by atoms with Crippen LogP contribution >= 0.6 is 11.6 Å². The summed E-state index contributed by atoms with van der Waals surface area (Å²) >= 11 is 6.29. The van der Waals surface area contributed by atoms with Crippen molar-refractivity contribution in [1.82, 2.24) is 14.8 Å². The van der Waals surface area contributed by atoms with Crippen LogP contribution in [0.25, 0.3) is 10.9 Å². The van der Waals surface area contributed by atoms with Crippen molar-refractivity contribution >= 4 is 28.6 Å². The molecule has 7 heteroatoms. The third-order valence-electron chi connectivity index (χ3n) is 6.75. The molecule has 0 radical (unpaired) electrons. The fourth-order valence-electron chi connectivity index (χ4n) is 5.20. The highest BCUT2D eigenvalue weighted by Gasteiger charge is 2.35. The number of aromatic nitrogens is 1. The SMILES string of the molecule is CCCN(CCC)CCCOc1ccc(C2c3[nH]c4ccc(Cl)cc4c3CCN2C(=O)OCC)cc1. The average molecular weight is 512 g/mol. The van der Waals surface area contributed by atoms with Crippen LogP contribution in [0.4, 0.5) is 4.79 Å². The maximum atomic E-state index is 12.9. The lowest BCUT2D eigenvalue weighted by Crippen LogP contribution is -2.40. The largest absolute Gasteiger partial charge is 0.494 e. The van der Waals surface area contributed by atoms with Crippen LogP contribution in [0, 0.1) is 0 Å². The number of hydrogen-bond acceptors (Lipinski definition) is 4. The van der Waals surface area contributed by atoms with Gasteiger partial charge in [0.2, 0.25) is 0 Å². The molecule has 1 N–H and O–H groups in total. The maximum Gasteiger partial charge on any atom is 0.410 e. The van der Waals surface area contributed by atoms with Gasteiger partial charge < -0.3 is 19.4 Å². The van der Waals surface area contributed by atoms with E-state index in [2.05, 4.69) is 35.9 Å². The van der Waals surface area contributed by atoms with Gasteiger partial charge in [0.15, 0.2) is 0 Å². The van der Waals surface area contributed by atoms with E-state index in [1.807, 2.05) is 42.2 Å². The lowest BCUT2D eigenvalue weighted by molar-refractivity contribution is 0.0932. The zero-order chi connectivity index (χ0) is 25.5. The number of nitrogens with zero attached hydrogens (tertiary/aromatic N) is 2. The minimum atomic E-state index is -0.297. The lowest BCUT2D eigenvalue weighted by Gasteiger charge is -2.35. The zero-order valence-electron chi connectivity index (χ0n) is 21.7. The van der Waals surface area contributed by atoms with Gasteiger partial charge >= 0.3 is 6.09 Å². The van der Waals surface area contributed by atoms with Crippen molar-refractivity contribution in [2.24, 2.45) is 0 Å². The molecule has 0 aliphatic carbocycles. The number of ether oxygens (including phenoxy) is 2. The summed E-state index contributed by atoms with van der Waals surface area (Å²) < 4.78 is 11.5. The van der Waals surface area contributed by atoms with Gasteiger partial charge in [-0.15, -0.1) is 0 Å². The second-order valence-corrected chi connectivity index (χ2v) is 9.80. The summed E-state index contributed by atoms with van der Waals surface area (Å²) in [4.78, 5) is 20.8. The first-order valence-electron chi connectivity index (χ1n) is 13.2. The molecule has 1 aliphatic heterocycles. The smallest absolute Gasteiger partial charge is 0.410 e. The van der Waals surface area contributed by atoms with E-state index in [1.165, 1.54) is 18.4 Å². The number of carbonyl (C=O) groups excluding carboxylic acids is 1. The van der Waals surface area contributed by atoms with Gasteiger partial charge in [-0.3, -0.25) is 4.90 Å². The van der Waals surface area contributed by atoms with E-state index in [0.29, 0.717) is 24.8 Å². The number of rotatable bonds is 11. The van der Waals surface area contributed by atoms with Crippen LogP contribution in [0.15, 0.2) is 42.5 Å². The lowest BCUT2D eigenvalue weighted by atomic mass is 9.92. The van der Waals surface area contributed by atoms with Crippen LogP contribution in [0.2, 0.25) is 5.02 Å². The summed E-state index contributed by atoms with van der Waals surface area (Å²) in [7, 11) is 0. The highest BCUT2D eigenvalue weighted by Crippen LogP contribution is 2.39. The zero-order valence-corrected chi connectivity index (χ0v) is 22.4. The van der Waals surface area contributed by atoms with Gasteiger partial charge in [-0.05, 0) is 87.2 Å². The van der Waals surface area contributed by atoms with Crippen molar-refractivity contribution in [3.8, 4) is 5.75 Å². The van der Waals surface area contributed by atoms with E-state index >= 15 is 0 Å². The Labute approximate surface area is 219 Å². The molecule has 0 bridgehead atoms. The maximum absolute atomic E-state index is 12.9. The first kappa shape index (κ1) is 26.4. The highest BCUT2D eigenvalue weighted by atomic mass is 35.5. The predicted molar refractivity (Wildman–Crippen MR) is 146 cm³/mol. The molecular weight excluding hydrogens is 474 g/mol. The Hall–Kier alpha value is -2.70. The molecule has 2 aromatic carbocycles. The molecule has 1 atom stereocenters. The number of fused-ring (bicyclic) bond motifs is 3. The minimum absolute atomic E-state index is 0.260. The van der Waals surface area contributed by atoms with Gasteiger partial charge in [-0.1, -0.05) is 37.6 Å². The van der Waals surface area contributed by atoms with Gasteiger partial charge in [0.05, 0.1) is 13.2 Å². The molecule has 0 fully saturated rings. The second-order valence-electron chi connectivity index (χ2n) is 9.36. The standard InChI is InChI=1S/C29H38ClN3O3/c1-4-15-32(16-5-2)17-7-19-36-23-11-8-21(9-12-23)28-27-24(14-18-33(28)29(34)35-6-3)25-20-22(30)10-13-26(25)31-27/h8-13,20,28,31H,4-7,14-19H2,1-3H3. The Morgan fingerprint density at radius 1 is 1.08 bits per heavy atom. The number of H-pyrrole nitrogens is 1. The summed E-state index contributed by atoms with van der Waals surface area (Å²) in [6, 6.07) is 13.7. The fourth-order valence-corrected chi connectivity index (χ4v) is 5.37. The quantitative estimate of drug-likeness (QED) is 0.287. The number of hydrogen-bond donors (Lipinski definition) is 1. The normalized spacial score (nSPS) is 15.4. The second kappa shape index (κ2) is 12.5. The summed E-state index contributed by atoms with van der Waals surface area (Å²) in [6.07, 6.45) is 3.81. The Morgan fingerprint density at radius 3 is 2.53 bits per heavy atom. The van der Waals surface area contributed by atoms with Gasteiger partial charge in [0.1, 0.15) is 11.8 Å². The van der Waals surface area contributed by atoms with E-state index in [4.69, 9.17) is 21.1 Å². The molecule has 4 rings (SSSR count). The number of halogens is 1. The number of carbonyl (C=O) groups is 1. The number of benzene rings is 2. The number of nitrogens with one attached hydrogen (secondary N) is 1. The molecule has 1 aromatic heterocycles. The number of amides is 1. The van der Waals surface area contributed by atoms with Crippen LogP contribution < -0.4 is 4.74 Å². The van der Waals surface area contributed by atoms with Crippen LogP contribution in [0.1, 0.15) is 62.9 Å². The number of aromatic amines is 1. The highest BCUT2D eigenvalue weighted by molar-refractivity contribution is 6.31. The summed E-state index contributed by atoms with van der Waals surface area (Å²) in [5, 5.41) is 1.83. The van der Waals surface area contributed by atoms with Gasteiger partial charge in [-0.25, -0.2) is 4.79 Å². The van der Waals surface area contributed by atoms with Crippen molar-refractivity contribution < 1.29 is 14.3 Å². The topological polar surface area (TPSA) is 57.8 Å². The van der Waals surface area contributed by atoms with Crippen LogP contribution in [-0.4, -0.2) is 60.3 Å². The van der Waals surface area contributed by atoms with E-state index in [0.717, 1.165) is 60.4 Å². The molecule has 0 spiro atoms. The molecular formula is C29H38ClN3O3. The Bertz CT molecular complexity index is 1140. The molecule has 6 nitrogen and oxygen atoms in total. The fraction of sp³-hybridized carbons (Fsp3) is 0.483. The van der Waals surface area contributed by atoms with Crippen molar-refractivity contribution in [2.75, 3.05) is 39.4 Å². The van der Waals surface area contributed by atoms with E-state index in [1.54, 1.807) is 0 Å². The summed E-state index contributed by atoms with van der Waals surface area (Å²) in [6.45, 7) is 11.2. The molecule has 1 amide bonds. The van der Waals surface area contributed by atoms with E-state index in [9.17, 15) is 4.79 Å². The van der Waals surface area contributed by atoms with Gasteiger partial charge in [0.25, 0.3) is 0 Å². The van der Waals surface area contributed by atoms with Crippen molar-refractivity contribution in [3.05, 3.63) is 64.3 Å². The monoisotopic (exact) mass is 511 g/mol. The summed E-state index contributed by atoms with van der Waals surface area (Å²) in [5.41, 5.74) is 4.28. The molecule has 0 saturated carbocycles. The van der Waals surface area contributed by atoms with Crippen LogP contribution in [-0.2, 0) is 11.2 Å². The van der Waals surface area contributed by atoms with Crippen molar-refractivity contribution in [3.63, 3.8) is 0 Å². The van der Waals surface area contributed by atoms with Gasteiger partial charge in [-0.2, -0.15) is 0 Å². The third kappa shape index (κ3) is 5.98. The van der Waals surface area contributed by atoms with E-state index in [-0.39, 0.29) is 12.1 Å². The first-order chi connectivity index (χ1) is 17.5. The summed E-state index contributed by atoms with van der Waals surface area (Å²) in [5.74, 6) is 0.846. The van der Waals surface area contributed by atoms with Gasteiger partial charge in [0, 0.05) is 34.7 Å². The molecule has 0 saturated heterocycles.